The lowest BCUT2D eigenvalue weighted by atomic mass is 9.87. The first-order chi connectivity index (χ1) is 13.8. The van der Waals surface area contributed by atoms with Crippen LogP contribution in [0.5, 0.6) is 0 Å². The normalized spacial score (nSPS) is 11.6. The third-order valence-electron chi connectivity index (χ3n) is 5.13. The van der Waals surface area contributed by atoms with Crippen molar-refractivity contribution in [2.45, 2.75) is 33.1 Å². The molecule has 0 bridgehead atoms. The Morgan fingerprint density at radius 3 is 2.28 bits per heavy atom. The van der Waals surface area contributed by atoms with E-state index in [1.807, 2.05) is 49.4 Å². The summed E-state index contributed by atoms with van der Waals surface area (Å²) in [7, 11) is 0. The third kappa shape index (κ3) is 3.96. The zero-order valence-corrected chi connectivity index (χ0v) is 17.9. The molecule has 4 heteroatoms. The van der Waals surface area contributed by atoms with Crippen LogP contribution in [0.2, 0.25) is 5.02 Å². The van der Waals surface area contributed by atoms with Crippen LogP contribution < -0.4 is 5.32 Å². The van der Waals surface area contributed by atoms with Crippen molar-refractivity contribution >= 4 is 34.0 Å². The molecular formula is C25H24ClN3. The molecule has 0 fully saturated rings. The molecule has 29 heavy (non-hydrogen) atoms. The van der Waals surface area contributed by atoms with Gasteiger partial charge in [0.15, 0.2) is 5.82 Å². The second kappa shape index (κ2) is 7.49. The second-order valence-corrected chi connectivity index (χ2v) is 8.68. The Balaban J connectivity index is 1.82. The quantitative estimate of drug-likeness (QED) is 0.391. The Kier molecular flexibility index (Phi) is 5.01. The number of rotatable bonds is 3. The summed E-state index contributed by atoms with van der Waals surface area (Å²) in [6.07, 6.45) is 0. The van der Waals surface area contributed by atoms with Gasteiger partial charge in [-0.2, -0.15) is 0 Å². The molecule has 0 unspecified atom stereocenters. The number of benzene rings is 3. The van der Waals surface area contributed by atoms with E-state index >= 15 is 0 Å². The molecule has 0 radical (unpaired) electrons. The van der Waals surface area contributed by atoms with Crippen LogP contribution in [0.3, 0.4) is 0 Å². The standard InChI is InChI=1S/C25H24ClN3/c1-16-20(26)9-7-11-21(16)27-24-19-8-5-6-10-22(19)28-23(29-24)17-12-14-18(15-13-17)25(2,3)4/h5-15H,1-4H3,(H,27,28,29). The molecule has 1 aromatic heterocycles. The topological polar surface area (TPSA) is 37.8 Å². The summed E-state index contributed by atoms with van der Waals surface area (Å²) in [6.45, 7) is 8.64. The van der Waals surface area contributed by atoms with Crippen LogP contribution in [0.25, 0.3) is 22.3 Å². The highest BCUT2D eigenvalue weighted by atomic mass is 35.5. The van der Waals surface area contributed by atoms with Crippen molar-refractivity contribution in [2.24, 2.45) is 0 Å². The monoisotopic (exact) mass is 401 g/mol. The summed E-state index contributed by atoms with van der Waals surface area (Å²) >= 11 is 6.30. The van der Waals surface area contributed by atoms with E-state index in [0.717, 1.165) is 38.6 Å². The van der Waals surface area contributed by atoms with E-state index in [1.165, 1.54) is 5.56 Å². The molecular weight excluding hydrogens is 378 g/mol. The van der Waals surface area contributed by atoms with Crippen molar-refractivity contribution in [3.8, 4) is 11.4 Å². The van der Waals surface area contributed by atoms with E-state index in [1.54, 1.807) is 0 Å². The Bertz CT molecular complexity index is 1180. The Morgan fingerprint density at radius 1 is 0.828 bits per heavy atom. The number of nitrogens with zero attached hydrogens (tertiary/aromatic N) is 2. The van der Waals surface area contributed by atoms with Gasteiger partial charge < -0.3 is 5.32 Å². The number of hydrogen-bond donors (Lipinski definition) is 1. The number of para-hydroxylation sites is 1. The molecule has 0 aliphatic heterocycles. The summed E-state index contributed by atoms with van der Waals surface area (Å²) in [4.78, 5) is 9.67. The Labute approximate surface area is 176 Å². The third-order valence-corrected chi connectivity index (χ3v) is 5.54. The molecule has 146 valence electrons. The maximum absolute atomic E-state index is 6.30. The van der Waals surface area contributed by atoms with Crippen molar-refractivity contribution in [1.29, 1.82) is 0 Å². The maximum Gasteiger partial charge on any atom is 0.162 e. The van der Waals surface area contributed by atoms with Crippen molar-refractivity contribution in [2.75, 3.05) is 5.32 Å². The molecule has 4 aromatic rings. The fourth-order valence-corrected chi connectivity index (χ4v) is 3.47. The van der Waals surface area contributed by atoms with E-state index in [4.69, 9.17) is 21.6 Å². The fourth-order valence-electron chi connectivity index (χ4n) is 3.29. The fraction of sp³-hybridized carbons (Fsp3) is 0.200. The summed E-state index contributed by atoms with van der Waals surface area (Å²) in [5.74, 6) is 1.47. The minimum absolute atomic E-state index is 0.111. The Morgan fingerprint density at radius 2 is 1.55 bits per heavy atom. The van der Waals surface area contributed by atoms with Gasteiger partial charge in [-0.3, -0.25) is 0 Å². The van der Waals surface area contributed by atoms with Crippen molar-refractivity contribution < 1.29 is 0 Å². The van der Waals surface area contributed by atoms with Crippen molar-refractivity contribution in [3.63, 3.8) is 0 Å². The highest BCUT2D eigenvalue weighted by Crippen LogP contribution is 2.31. The van der Waals surface area contributed by atoms with Gasteiger partial charge in [-0.1, -0.05) is 74.8 Å². The van der Waals surface area contributed by atoms with Crippen molar-refractivity contribution in [3.05, 3.63) is 82.9 Å². The smallest absolute Gasteiger partial charge is 0.162 e. The summed E-state index contributed by atoms with van der Waals surface area (Å²) in [5.41, 5.74) is 5.23. The molecule has 3 aromatic carbocycles. The predicted octanol–water partition coefficient (Wildman–Crippen LogP) is 7.30. The van der Waals surface area contributed by atoms with E-state index in [9.17, 15) is 0 Å². The van der Waals surface area contributed by atoms with Gasteiger partial charge in [-0.15, -0.1) is 0 Å². The number of aromatic nitrogens is 2. The summed E-state index contributed by atoms with van der Waals surface area (Å²) in [6, 6.07) is 22.4. The highest BCUT2D eigenvalue weighted by Gasteiger charge is 2.15. The lowest BCUT2D eigenvalue weighted by Crippen LogP contribution is -2.10. The number of fused-ring (bicyclic) bond motifs is 1. The van der Waals surface area contributed by atoms with Gasteiger partial charge in [0.05, 0.1) is 5.52 Å². The van der Waals surface area contributed by atoms with E-state index in [-0.39, 0.29) is 5.41 Å². The zero-order chi connectivity index (χ0) is 20.6. The molecule has 0 saturated heterocycles. The molecule has 0 aliphatic carbocycles. The number of nitrogens with one attached hydrogen (secondary N) is 1. The highest BCUT2D eigenvalue weighted by molar-refractivity contribution is 6.31. The zero-order valence-electron chi connectivity index (χ0n) is 17.1. The number of anilines is 2. The molecule has 4 rings (SSSR count). The average Bonchev–Trinajstić information content (AvgIpc) is 2.71. The molecule has 0 amide bonds. The van der Waals surface area contributed by atoms with Crippen LogP contribution in [-0.2, 0) is 5.41 Å². The number of hydrogen-bond acceptors (Lipinski definition) is 3. The first-order valence-electron chi connectivity index (χ1n) is 9.73. The minimum atomic E-state index is 0.111. The van der Waals surface area contributed by atoms with Gasteiger partial charge in [-0.05, 0) is 47.7 Å². The second-order valence-electron chi connectivity index (χ2n) is 8.28. The van der Waals surface area contributed by atoms with Crippen LogP contribution in [0.15, 0.2) is 66.7 Å². The average molecular weight is 402 g/mol. The molecule has 3 nitrogen and oxygen atoms in total. The van der Waals surface area contributed by atoms with E-state index in [0.29, 0.717) is 5.82 Å². The lowest BCUT2D eigenvalue weighted by Gasteiger charge is -2.19. The lowest BCUT2D eigenvalue weighted by molar-refractivity contribution is 0.590. The Hall–Kier alpha value is -2.91. The van der Waals surface area contributed by atoms with Crippen LogP contribution in [0.1, 0.15) is 31.9 Å². The molecule has 0 aliphatic rings. The number of halogens is 1. The molecule has 0 spiro atoms. The molecule has 0 atom stereocenters. The minimum Gasteiger partial charge on any atom is -0.339 e. The predicted molar refractivity (Wildman–Crippen MR) is 123 cm³/mol. The van der Waals surface area contributed by atoms with E-state index < -0.39 is 0 Å². The van der Waals surface area contributed by atoms with Crippen LogP contribution in [0.4, 0.5) is 11.5 Å². The van der Waals surface area contributed by atoms with Gasteiger partial charge in [0.25, 0.3) is 0 Å². The van der Waals surface area contributed by atoms with Gasteiger partial charge in [0.1, 0.15) is 5.82 Å². The molecule has 1 N–H and O–H groups in total. The summed E-state index contributed by atoms with van der Waals surface area (Å²) in [5, 5.41) is 5.17. The first kappa shape index (κ1) is 19.4. The van der Waals surface area contributed by atoms with Gasteiger partial charge in [-0.25, -0.2) is 9.97 Å². The molecule has 1 heterocycles. The first-order valence-corrected chi connectivity index (χ1v) is 10.1. The van der Waals surface area contributed by atoms with Crippen LogP contribution in [0, 0.1) is 6.92 Å². The van der Waals surface area contributed by atoms with Crippen molar-refractivity contribution in [1.82, 2.24) is 9.97 Å². The summed E-state index contributed by atoms with van der Waals surface area (Å²) < 4.78 is 0. The maximum atomic E-state index is 6.30. The van der Waals surface area contributed by atoms with Gasteiger partial charge in [0.2, 0.25) is 0 Å². The van der Waals surface area contributed by atoms with Crippen LogP contribution >= 0.6 is 11.6 Å². The van der Waals surface area contributed by atoms with Gasteiger partial charge in [0, 0.05) is 21.7 Å². The largest absolute Gasteiger partial charge is 0.339 e. The van der Waals surface area contributed by atoms with E-state index in [2.05, 4.69) is 50.4 Å². The van der Waals surface area contributed by atoms with Crippen LogP contribution in [-0.4, -0.2) is 9.97 Å². The van der Waals surface area contributed by atoms with Gasteiger partial charge >= 0.3 is 0 Å². The molecule has 0 saturated carbocycles. The SMILES string of the molecule is Cc1c(Cl)cccc1Nc1nc(-c2ccc(C(C)(C)C)cc2)nc2ccccc12.